The van der Waals surface area contributed by atoms with Gasteiger partial charge in [0.25, 0.3) is 5.91 Å². The van der Waals surface area contributed by atoms with E-state index in [-0.39, 0.29) is 12.1 Å². The van der Waals surface area contributed by atoms with Gasteiger partial charge in [-0.05, 0) is 34.6 Å². The van der Waals surface area contributed by atoms with Gasteiger partial charge in [0.1, 0.15) is 5.60 Å². The third-order valence-corrected chi connectivity index (χ3v) is 2.07. The average Bonchev–Trinajstić information content (AvgIpc) is 2.23. The SMILES string of the molecule is C=CCN(C(=O)OC(C)(C)C)C(=O)/C(=C/C)C(C)=O. The number of hydrogen-bond donors (Lipinski definition) is 0. The predicted molar refractivity (Wildman–Crippen MR) is 72.6 cm³/mol. The highest BCUT2D eigenvalue weighted by atomic mass is 16.6. The van der Waals surface area contributed by atoms with Crippen molar-refractivity contribution in [1.82, 2.24) is 4.90 Å². The van der Waals surface area contributed by atoms with Crippen LogP contribution >= 0.6 is 0 Å². The summed E-state index contributed by atoms with van der Waals surface area (Å²) in [6.45, 7) is 11.4. The number of Topliss-reactive ketones (excluding diaryl/α,β-unsaturated/α-hetero) is 1. The second-order valence-electron chi connectivity index (χ2n) is 4.94. The molecule has 0 radical (unpaired) electrons. The molecular weight excluding hydrogens is 246 g/mol. The summed E-state index contributed by atoms with van der Waals surface area (Å²) < 4.78 is 5.13. The minimum absolute atomic E-state index is 0.0155. The fourth-order valence-corrected chi connectivity index (χ4v) is 1.31. The van der Waals surface area contributed by atoms with E-state index in [1.54, 1.807) is 27.7 Å². The van der Waals surface area contributed by atoms with Crippen LogP contribution in [0.3, 0.4) is 0 Å². The molecule has 0 saturated heterocycles. The third kappa shape index (κ3) is 5.50. The highest BCUT2D eigenvalue weighted by molar-refractivity contribution is 6.21. The molecule has 0 fully saturated rings. The average molecular weight is 267 g/mol. The first kappa shape index (κ1) is 17.1. The molecule has 106 valence electrons. The molecule has 0 heterocycles. The smallest absolute Gasteiger partial charge is 0.417 e. The van der Waals surface area contributed by atoms with Gasteiger partial charge in [-0.3, -0.25) is 9.59 Å². The maximum atomic E-state index is 12.1. The lowest BCUT2D eigenvalue weighted by Gasteiger charge is -2.25. The summed E-state index contributed by atoms with van der Waals surface area (Å²) in [6.07, 6.45) is 1.98. The van der Waals surface area contributed by atoms with E-state index in [9.17, 15) is 14.4 Å². The van der Waals surface area contributed by atoms with E-state index in [1.807, 2.05) is 0 Å². The Labute approximate surface area is 113 Å². The molecule has 0 aliphatic rings. The van der Waals surface area contributed by atoms with Gasteiger partial charge in [-0.15, -0.1) is 6.58 Å². The second-order valence-corrected chi connectivity index (χ2v) is 4.94. The minimum Gasteiger partial charge on any atom is -0.443 e. The molecule has 0 spiro atoms. The zero-order chi connectivity index (χ0) is 15.2. The number of rotatable bonds is 4. The van der Waals surface area contributed by atoms with Crippen molar-refractivity contribution in [2.24, 2.45) is 0 Å². The quantitative estimate of drug-likeness (QED) is 0.340. The van der Waals surface area contributed by atoms with Gasteiger partial charge in [-0.1, -0.05) is 12.2 Å². The molecule has 0 bridgehead atoms. The fourth-order valence-electron chi connectivity index (χ4n) is 1.31. The van der Waals surface area contributed by atoms with E-state index in [4.69, 9.17) is 4.74 Å². The second kappa shape index (κ2) is 6.87. The zero-order valence-corrected chi connectivity index (χ0v) is 12.1. The highest BCUT2D eigenvalue weighted by Gasteiger charge is 2.29. The lowest BCUT2D eigenvalue weighted by molar-refractivity contribution is -0.128. The molecule has 19 heavy (non-hydrogen) atoms. The first-order valence-corrected chi connectivity index (χ1v) is 5.97. The summed E-state index contributed by atoms with van der Waals surface area (Å²) in [5, 5.41) is 0. The molecular formula is C14H21NO4. The lowest BCUT2D eigenvalue weighted by atomic mass is 10.1. The Morgan fingerprint density at radius 1 is 1.26 bits per heavy atom. The number of ketones is 1. The first-order chi connectivity index (χ1) is 8.64. The third-order valence-electron chi connectivity index (χ3n) is 2.07. The maximum absolute atomic E-state index is 12.1. The molecule has 0 N–H and O–H groups in total. The molecule has 5 heteroatoms. The van der Waals surface area contributed by atoms with Gasteiger partial charge in [-0.25, -0.2) is 9.69 Å². The number of carbonyl (C=O) groups is 3. The number of amides is 2. The van der Waals surface area contributed by atoms with Crippen molar-refractivity contribution >= 4 is 17.8 Å². The molecule has 0 saturated carbocycles. The van der Waals surface area contributed by atoms with Crippen molar-refractivity contribution in [1.29, 1.82) is 0 Å². The van der Waals surface area contributed by atoms with Gasteiger partial charge in [0.05, 0.1) is 12.1 Å². The van der Waals surface area contributed by atoms with Crippen LogP contribution in [-0.4, -0.2) is 34.8 Å². The summed E-state index contributed by atoms with van der Waals surface area (Å²) in [6, 6.07) is 0. The van der Waals surface area contributed by atoms with Crippen molar-refractivity contribution in [2.75, 3.05) is 6.54 Å². The summed E-state index contributed by atoms with van der Waals surface area (Å²) >= 11 is 0. The van der Waals surface area contributed by atoms with Crippen LogP contribution in [0.5, 0.6) is 0 Å². The molecule has 0 rings (SSSR count). The van der Waals surface area contributed by atoms with Gasteiger partial charge >= 0.3 is 6.09 Å². The van der Waals surface area contributed by atoms with Gasteiger partial charge in [-0.2, -0.15) is 0 Å². The molecule has 0 aromatic carbocycles. The highest BCUT2D eigenvalue weighted by Crippen LogP contribution is 2.12. The van der Waals surface area contributed by atoms with Crippen LogP contribution in [0.2, 0.25) is 0 Å². The Kier molecular flexibility index (Phi) is 6.18. The number of allylic oxidation sites excluding steroid dienone is 1. The van der Waals surface area contributed by atoms with E-state index in [1.165, 1.54) is 19.1 Å². The van der Waals surface area contributed by atoms with E-state index in [2.05, 4.69) is 6.58 Å². The van der Waals surface area contributed by atoms with E-state index in [0.29, 0.717) is 0 Å². The molecule has 0 aliphatic carbocycles. The summed E-state index contributed by atoms with van der Waals surface area (Å²) in [4.78, 5) is 36.2. The maximum Gasteiger partial charge on any atom is 0.417 e. The Morgan fingerprint density at radius 2 is 1.79 bits per heavy atom. The van der Waals surface area contributed by atoms with Crippen LogP contribution in [0.1, 0.15) is 34.6 Å². The van der Waals surface area contributed by atoms with Gasteiger partial charge in [0.2, 0.25) is 0 Å². The van der Waals surface area contributed by atoms with Crippen LogP contribution in [0.25, 0.3) is 0 Å². The fraction of sp³-hybridized carbons (Fsp3) is 0.500. The van der Waals surface area contributed by atoms with Crippen molar-refractivity contribution in [2.45, 2.75) is 40.2 Å². The summed E-state index contributed by atoms with van der Waals surface area (Å²) in [5.41, 5.74) is -0.768. The van der Waals surface area contributed by atoms with Crippen LogP contribution in [0, 0.1) is 0 Å². The zero-order valence-electron chi connectivity index (χ0n) is 12.1. The lowest BCUT2D eigenvalue weighted by Crippen LogP contribution is -2.42. The van der Waals surface area contributed by atoms with Gasteiger partial charge in [0, 0.05) is 0 Å². The Balaban J connectivity index is 5.22. The van der Waals surface area contributed by atoms with Gasteiger partial charge < -0.3 is 4.74 Å². The standard InChI is InChI=1S/C14H21NO4/c1-7-9-15(13(18)19-14(4,5)6)12(17)11(8-2)10(3)16/h7-8H,1,9H2,2-6H3/b11-8+. The number of ether oxygens (including phenoxy) is 1. The minimum atomic E-state index is -0.794. The molecule has 0 atom stereocenters. The van der Waals surface area contributed by atoms with Crippen molar-refractivity contribution < 1.29 is 19.1 Å². The Bertz CT molecular complexity index is 416. The molecule has 0 aromatic rings. The van der Waals surface area contributed by atoms with Crippen LogP contribution in [0.4, 0.5) is 4.79 Å². The topological polar surface area (TPSA) is 63.7 Å². The van der Waals surface area contributed by atoms with Crippen molar-refractivity contribution in [3.63, 3.8) is 0 Å². The molecule has 2 amide bonds. The van der Waals surface area contributed by atoms with Gasteiger partial charge in [0.15, 0.2) is 5.78 Å². The summed E-state index contributed by atoms with van der Waals surface area (Å²) in [7, 11) is 0. The molecule has 0 aliphatic heterocycles. The van der Waals surface area contributed by atoms with E-state index >= 15 is 0 Å². The first-order valence-electron chi connectivity index (χ1n) is 5.97. The Hall–Kier alpha value is -1.91. The van der Waals surface area contributed by atoms with Crippen LogP contribution in [0.15, 0.2) is 24.3 Å². The number of nitrogens with zero attached hydrogens (tertiary/aromatic N) is 1. The van der Waals surface area contributed by atoms with E-state index < -0.39 is 23.4 Å². The largest absolute Gasteiger partial charge is 0.443 e. The van der Waals surface area contributed by atoms with Crippen molar-refractivity contribution in [3.05, 3.63) is 24.3 Å². The number of imide groups is 1. The number of carbonyl (C=O) groups excluding carboxylic acids is 3. The number of hydrogen-bond acceptors (Lipinski definition) is 4. The normalized spacial score (nSPS) is 11.7. The Morgan fingerprint density at radius 3 is 2.11 bits per heavy atom. The van der Waals surface area contributed by atoms with Crippen LogP contribution < -0.4 is 0 Å². The van der Waals surface area contributed by atoms with Crippen molar-refractivity contribution in [3.8, 4) is 0 Å². The van der Waals surface area contributed by atoms with Crippen LogP contribution in [-0.2, 0) is 14.3 Å². The van der Waals surface area contributed by atoms with E-state index in [0.717, 1.165) is 4.90 Å². The molecule has 0 unspecified atom stereocenters. The molecule has 0 aromatic heterocycles. The monoisotopic (exact) mass is 267 g/mol. The molecule has 5 nitrogen and oxygen atoms in total. The predicted octanol–water partition coefficient (Wildman–Crippen LogP) is 2.47. The summed E-state index contributed by atoms with van der Waals surface area (Å²) in [5.74, 6) is -1.07.